The summed E-state index contributed by atoms with van der Waals surface area (Å²) in [5.41, 5.74) is 3.55. The number of nitriles is 1. The molecule has 0 saturated carbocycles. The van der Waals surface area contributed by atoms with E-state index >= 15 is 0 Å². The van der Waals surface area contributed by atoms with Crippen LogP contribution in [-0.4, -0.2) is 41.1 Å². The third kappa shape index (κ3) is 3.55. The van der Waals surface area contributed by atoms with Crippen molar-refractivity contribution in [2.45, 2.75) is 12.8 Å². The van der Waals surface area contributed by atoms with Crippen LogP contribution in [0, 0.1) is 17.2 Å². The van der Waals surface area contributed by atoms with Crippen LogP contribution in [0.2, 0.25) is 0 Å². The fourth-order valence-electron chi connectivity index (χ4n) is 3.52. The van der Waals surface area contributed by atoms with Crippen molar-refractivity contribution in [3.63, 3.8) is 0 Å². The summed E-state index contributed by atoms with van der Waals surface area (Å²) >= 11 is 0. The maximum absolute atomic E-state index is 12.6. The summed E-state index contributed by atoms with van der Waals surface area (Å²) in [6, 6.07) is 15.6. The van der Waals surface area contributed by atoms with E-state index in [1.54, 1.807) is 12.1 Å². The molecule has 0 spiro atoms. The maximum Gasteiger partial charge on any atom is 0.228 e. The molecular formula is C21H21N5O. The summed E-state index contributed by atoms with van der Waals surface area (Å²) in [6.45, 7) is 1.89. The molecular weight excluding hydrogens is 338 g/mol. The lowest BCUT2D eigenvalue weighted by Gasteiger charge is -2.27. The molecule has 0 atom stereocenters. The van der Waals surface area contributed by atoms with Crippen molar-refractivity contribution >= 4 is 22.6 Å². The summed E-state index contributed by atoms with van der Waals surface area (Å²) < 4.78 is 0. The molecule has 0 unspecified atom stereocenters. The van der Waals surface area contributed by atoms with Crippen LogP contribution in [0.1, 0.15) is 18.4 Å². The van der Waals surface area contributed by atoms with E-state index in [2.05, 4.69) is 33.5 Å². The van der Waals surface area contributed by atoms with E-state index in [1.807, 2.05) is 30.3 Å². The number of hydrogen-bond donors (Lipinski definition) is 2. The smallest absolute Gasteiger partial charge is 0.228 e. The summed E-state index contributed by atoms with van der Waals surface area (Å²) in [5.74, 6) is 0.652. The van der Waals surface area contributed by atoms with Crippen LogP contribution in [0.3, 0.4) is 0 Å². The molecule has 2 aromatic carbocycles. The van der Waals surface area contributed by atoms with Gasteiger partial charge in [-0.2, -0.15) is 10.4 Å². The number of likely N-dealkylation sites (tertiary alicyclic amines) is 1. The lowest BCUT2D eigenvalue weighted by molar-refractivity contribution is -0.121. The predicted molar refractivity (Wildman–Crippen MR) is 105 cm³/mol. The number of hydrogen-bond acceptors (Lipinski definition) is 4. The number of carbonyl (C=O) groups is 1. The van der Waals surface area contributed by atoms with Crippen molar-refractivity contribution in [1.29, 1.82) is 5.26 Å². The van der Waals surface area contributed by atoms with E-state index in [1.165, 1.54) is 0 Å². The first-order valence-corrected chi connectivity index (χ1v) is 9.12. The molecule has 4 rings (SSSR count). The van der Waals surface area contributed by atoms with Crippen molar-refractivity contribution in [2.75, 3.05) is 25.5 Å². The van der Waals surface area contributed by atoms with Crippen molar-refractivity contribution < 1.29 is 4.79 Å². The molecule has 1 saturated heterocycles. The highest BCUT2D eigenvalue weighted by atomic mass is 16.2. The molecule has 2 N–H and O–H groups in total. The van der Waals surface area contributed by atoms with Gasteiger partial charge in [-0.05, 0) is 68.4 Å². The van der Waals surface area contributed by atoms with E-state index in [4.69, 9.17) is 5.26 Å². The number of fused-ring (bicyclic) bond motifs is 1. The Morgan fingerprint density at radius 2 is 1.89 bits per heavy atom. The number of anilines is 1. The van der Waals surface area contributed by atoms with Gasteiger partial charge in [0, 0.05) is 11.3 Å². The fourth-order valence-corrected chi connectivity index (χ4v) is 3.52. The highest BCUT2D eigenvalue weighted by Crippen LogP contribution is 2.28. The van der Waals surface area contributed by atoms with E-state index in [-0.39, 0.29) is 11.8 Å². The van der Waals surface area contributed by atoms with Gasteiger partial charge in [-0.3, -0.25) is 9.89 Å². The Balaban J connectivity index is 1.58. The predicted octanol–water partition coefficient (Wildman–Crippen LogP) is 3.38. The van der Waals surface area contributed by atoms with E-state index in [0.717, 1.165) is 48.0 Å². The normalized spacial score (nSPS) is 15.6. The number of piperidine rings is 1. The van der Waals surface area contributed by atoms with Gasteiger partial charge in [0.05, 0.1) is 17.1 Å². The summed E-state index contributed by atoms with van der Waals surface area (Å²) in [4.78, 5) is 14.9. The van der Waals surface area contributed by atoms with Crippen LogP contribution in [-0.2, 0) is 4.79 Å². The Hall–Kier alpha value is -3.17. The Labute approximate surface area is 157 Å². The third-order valence-corrected chi connectivity index (χ3v) is 5.24. The quantitative estimate of drug-likeness (QED) is 0.751. The minimum atomic E-state index is 0.0367. The first kappa shape index (κ1) is 17.3. The van der Waals surface area contributed by atoms with Crippen molar-refractivity contribution in [3.8, 4) is 17.2 Å². The average Bonchev–Trinajstić information content (AvgIpc) is 3.10. The summed E-state index contributed by atoms with van der Waals surface area (Å²) in [5, 5.41) is 20.1. The minimum absolute atomic E-state index is 0.0367. The first-order valence-electron chi connectivity index (χ1n) is 9.12. The number of H-pyrrole nitrogens is 1. The van der Waals surface area contributed by atoms with Crippen LogP contribution in [0.4, 0.5) is 5.82 Å². The zero-order valence-electron chi connectivity index (χ0n) is 15.2. The molecule has 0 radical (unpaired) electrons. The van der Waals surface area contributed by atoms with Crippen LogP contribution < -0.4 is 5.32 Å². The largest absolute Gasteiger partial charge is 0.308 e. The second-order valence-corrected chi connectivity index (χ2v) is 7.09. The van der Waals surface area contributed by atoms with Gasteiger partial charge in [-0.1, -0.05) is 18.2 Å². The van der Waals surface area contributed by atoms with Crippen LogP contribution in [0.15, 0.2) is 42.5 Å². The number of nitrogens with one attached hydrogen (secondary N) is 2. The number of carbonyl (C=O) groups excluding carboxylic acids is 1. The van der Waals surface area contributed by atoms with Crippen molar-refractivity contribution in [1.82, 2.24) is 15.1 Å². The molecule has 0 aliphatic carbocycles. The SMILES string of the molecule is CN1CCC(C(=O)Nc2n[nH]c3ccc(-c4ccc(C#N)cc4)cc23)CC1. The molecule has 1 aromatic heterocycles. The van der Waals surface area contributed by atoms with Crippen molar-refractivity contribution in [2.24, 2.45) is 5.92 Å². The van der Waals surface area contributed by atoms with Gasteiger partial charge in [0.25, 0.3) is 0 Å². The molecule has 1 aliphatic heterocycles. The zero-order valence-corrected chi connectivity index (χ0v) is 15.2. The minimum Gasteiger partial charge on any atom is -0.308 e. The van der Waals surface area contributed by atoms with Gasteiger partial charge in [0.15, 0.2) is 5.82 Å². The number of aromatic amines is 1. The molecule has 6 nitrogen and oxygen atoms in total. The summed E-state index contributed by atoms with van der Waals surface area (Å²) in [6.07, 6.45) is 1.75. The van der Waals surface area contributed by atoms with Gasteiger partial charge in [-0.15, -0.1) is 0 Å². The molecule has 27 heavy (non-hydrogen) atoms. The van der Waals surface area contributed by atoms with Crippen LogP contribution in [0.25, 0.3) is 22.0 Å². The monoisotopic (exact) mass is 359 g/mol. The summed E-state index contributed by atoms with van der Waals surface area (Å²) in [7, 11) is 2.08. The Bertz CT molecular complexity index is 1010. The van der Waals surface area contributed by atoms with Gasteiger partial charge < -0.3 is 10.2 Å². The highest BCUT2D eigenvalue weighted by Gasteiger charge is 2.24. The van der Waals surface area contributed by atoms with Crippen LogP contribution in [0.5, 0.6) is 0 Å². The second-order valence-electron chi connectivity index (χ2n) is 7.09. The molecule has 6 heteroatoms. The van der Waals surface area contributed by atoms with E-state index in [9.17, 15) is 4.79 Å². The average molecular weight is 359 g/mol. The fraction of sp³-hybridized carbons (Fsp3) is 0.286. The molecule has 0 bridgehead atoms. The van der Waals surface area contributed by atoms with Crippen LogP contribution >= 0.6 is 0 Å². The third-order valence-electron chi connectivity index (χ3n) is 5.24. The van der Waals surface area contributed by atoms with Gasteiger partial charge in [0.2, 0.25) is 5.91 Å². The van der Waals surface area contributed by atoms with Gasteiger partial charge in [0.1, 0.15) is 0 Å². The number of amides is 1. The zero-order chi connectivity index (χ0) is 18.8. The van der Waals surface area contributed by atoms with E-state index in [0.29, 0.717) is 11.4 Å². The Morgan fingerprint density at radius 1 is 1.19 bits per heavy atom. The molecule has 136 valence electrons. The molecule has 2 heterocycles. The maximum atomic E-state index is 12.6. The lowest BCUT2D eigenvalue weighted by Crippen LogP contribution is -2.36. The highest BCUT2D eigenvalue weighted by molar-refractivity contribution is 6.01. The van der Waals surface area contributed by atoms with Gasteiger partial charge >= 0.3 is 0 Å². The van der Waals surface area contributed by atoms with Gasteiger partial charge in [-0.25, -0.2) is 0 Å². The Kier molecular flexibility index (Phi) is 4.61. The number of aromatic nitrogens is 2. The molecule has 3 aromatic rings. The van der Waals surface area contributed by atoms with E-state index < -0.39 is 0 Å². The molecule has 1 aliphatic rings. The Morgan fingerprint density at radius 3 is 2.59 bits per heavy atom. The number of benzene rings is 2. The molecule has 1 fully saturated rings. The lowest BCUT2D eigenvalue weighted by atomic mass is 9.96. The topological polar surface area (TPSA) is 84.8 Å². The first-order chi connectivity index (χ1) is 13.1. The van der Waals surface area contributed by atoms with Crippen molar-refractivity contribution in [3.05, 3.63) is 48.0 Å². The number of rotatable bonds is 3. The second kappa shape index (κ2) is 7.22. The standard InChI is InChI=1S/C21H21N5O/c1-26-10-8-16(9-11-26)21(27)23-20-18-12-17(6-7-19(18)24-25-20)15-4-2-14(13-22)3-5-15/h2-7,12,16H,8-11H2,1H3,(H2,23,24,25,27). The number of nitrogens with zero attached hydrogens (tertiary/aromatic N) is 3. The molecule has 1 amide bonds.